The fraction of sp³-hybridized carbons (Fsp3) is 0.636. The van der Waals surface area contributed by atoms with Gasteiger partial charge >= 0.3 is 0 Å². The van der Waals surface area contributed by atoms with Crippen LogP contribution in [0.3, 0.4) is 0 Å². The maximum Gasteiger partial charge on any atom is 0.0422 e. The van der Waals surface area contributed by atoms with Crippen LogP contribution in [0.4, 0.5) is 0 Å². The topological polar surface area (TPSA) is 26.0 Å². The Hall–Kier alpha value is -0.210. The lowest BCUT2D eigenvalue weighted by molar-refractivity contribution is 0.518. The van der Waals surface area contributed by atoms with Crippen LogP contribution in [-0.4, -0.2) is 11.3 Å². The van der Waals surface area contributed by atoms with E-state index in [0.717, 1.165) is 12.8 Å². The summed E-state index contributed by atoms with van der Waals surface area (Å²) in [5, 5.41) is 0.448. The summed E-state index contributed by atoms with van der Waals surface area (Å²) in [5.74, 6) is 0.641. The third kappa shape index (κ3) is 3.20. The molecule has 1 nitrogen and oxygen atoms in total. The van der Waals surface area contributed by atoms with Crippen molar-refractivity contribution in [3.63, 3.8) is 0 Å². The Morgan fingerprint density at radius 1 is 1.62 bits per heavy atom. The van der Waals surface area contributed by atoms with Gasteiger partial charge in [-0.15, -0.1) is 11.8 Å². The molecular formula is C11H19NS. The van der Waals surface area contributed by atoms with E-state index in [1.807, 2.05) is 11.8 Å². The van der Waals surface area contributed by atoms with E-state index in [1.54, 1.807) is 0 Å². The van der Waals surface area contributed by atoms with Gasteiger partial charge < -0.3 is 5.73 Å². The molecule has 0 aromatic rings. The SMILES string of the molecule is C=C(CC)SC1C=C[C@H](C)C[C@@H]1N. The molecule has 1 aliphatic carbocycles. The van der Waals surface area contributed by atoms with Crippen molar-refractivity contribution in [3.05, 3.63) is 23.6 Å². The minimum Gasteiger partial charge on any atom is -0.326 e. The Balaban J connectivity index is 2.50. The van der Waals surface area contributed by atoms with Gasteiger partial charge in [-0.1, -0.05) is 32.6 Å². The van der Waals surface area contributed by atoms with E-state index in [1.165, 1.54) is 4.91 Å². The maximum absolute atomic E-state index is 6.06. The molecule has 1 rings (SSSR count). The number of rotatable bonds is 3. The number of thioether (sulfide) groups is 1. The Morgan fingerprint density at radius 2 is 2.31 bits per heavy atom. The normalized spacial score (nSPS) is 33.3. The fourth-order valence-corrected chi connectivity index (χ4v) is 2.49. The molecule has 0 aromatic heterocycles. The molecule has 0 aliphatic heterocycles. The van der Waals surface area contributed by atoms with Crippen molar-refractivity contribution in [2.24, 2.45) is 11.7 Å². The van der Waals surface area contributed by atoms with Crippen LogP contribution in [0.2, 0.25) is 0 Å². The predicted molar refractivity (Wildman–Crippen MR) is 61.7 cm³/mol. The first-order valence-corrected chi connectivity index (χ1v) is 5.79. The molecule has 2 N–H and O–H groups in total. The van der Waals surface area contributed by atoms with Gasteiger partial charge in [0.15, 0.2) is 0 Å². The molecular weight excluding hydrogens is 178 g/mol. The maximum atomic E-state index is 6.06. The summed E-state index contributed by atoms with van der Waals surface area (Å²) in [6, 6.07) is 0.299. The van der Waals surface area contributed by atoms with Gasteiger partial charge in [-0.05, 0) is 23.7 Å². The van der Waals surface area contributed by atoms with Gasteiger partial charge in [0.25, 0.3) is 0 Å². The molecule has 2 heteroatoms. The molecule has 13 heavy (non-hydrogen) atoms. The van der Waals surface area contributed by atoms with Crippen molar-refractivity contribution in [3.8, 4) is 0 Å². The van der Waals surface area contributed by atoms with Crippen LogP contribution in [0.5, 0.6) is 0 Å². The second-order valence-electron chi connectivity index (χ2n) is 3.74. The average molecular weight is 197 g/mol. The molecule has 0 bridgehead atoms. The smallest absolute Gasteiger partial charge is 0.0422 e. The fourth-order valence-electron chi connectivity index (χ4n) is 1.49. The van der Waals surface area contributed by atoms with Crippen LogP contribution < -0.4 is 5.73 Å². The van der Waals surface area contributed by atoms with Gasteiger partial charge in [0.2, 0.25) is 0 Å². The summed E-state index contributed by atoms with van der Waals surface area (Å²) in [6.45, 7) is 8.34. The first-order chi connectivity index (χ1) is 6.13. The molecule has 0 fully saturated rings. The van der Waals surface area contributed by atoms with E-state index in [4.69, 9.17) is 5.73 Å². The molecule has 0 saturated heterocycles. The quantitative estimate of drug-likeness (QED) is 0.704. The van der Waals surface area contributed by atoms with E-state index >= 15 is 0 Å². The lowest BCUT2D eigenvalue weighted by Crippen LogP contribution is -2.35. The van der Waals surface area contributed by atoms with E-state index in [9.17, 15) is 0 Å². The zero-order chi connectivity index (χ0) is 9.84. The zero-order valence-electron chi connectivity index (χ0n) is 8.49. The van der Waals surface area contributed by atoms with Crippen molar-refractivity contribution >= 4 is 11.8 Å². The monoisotopic (exact) mass is 197 g/mol. The summed E-state index contributed by atoms with van der Waals surface area (Å²) >= 11 is 1.82. The van der Waals surface area contributed by atoms with Crippen molar-refractivity contribution in [1.29, 1.82) is 0 Å². The van der Waals surface area contributed by atoms with Crippen molar-refractivity contribution in [1.82, 2.24) is 0 Å². The van der Waals surface area contributed by atoms with E-state index in [2.05, 4.69) is 32.6 Å². The molecule has 1 unspecified atom stereocenters. The highest BCUT2D eigenvalue weighted by Crippen LogP contribution is 2.30. The molecule has 0 aromatic carbocycles. The molecule has 0 saturated carbocycles. The zero-order valence-corrected chi connectivity index (χ0v) is 9.31. The summed E-state index contributed by atoms with van der Waals surface area (Å²) in [4.78, 5) is 1.24. The van der Waals surface area contributed by atoms with Crippen molar-refractivity contribution < 1.29 is 0 Å². The number of hydrogen-bond donors (Lipinski definition) is 1. The minimum absolute atomic E-state index is 0.299. The molecule has 74 valence electrons. The summed E-state index contributed by atoms with van der Waals surface area (Å²) < 4.78 is 0. The van der Waals surface area contributed by atoms with E-state index in [-0.39, 0.29) is 0 Å². The molecule has 3 atom stereocenters. The predicted octanol–water partition coefficient (Wildman–Crippen LogP) is 2.94. The Bertz CT molecular complexity index is 210. The van der Waals surface area contributed by atoms with Gasteiger partial charge in [-0.3, -0.25) is 0 Å². The highest BCUT2D eigenvalue weighted by Gasteiger charge is 2.21. The Labute approximate surface area is 85.5 Å². The second kappa shape index (κ2) is 4.87. The molecule has 0 spiro atoms. The van der Waals surface area contributed by atoms with Crippen LogP contribution >= 0.6 is 11.8 Å². The van der Waals surface area contributed by atoms with Crippen LogP contribution in [-0.2, 0) is 0 Å². The van der Waals surface area contributed by atoms with Crippen molar-refractivity contribution in [2.75, 3.05) is 0 Å². The summed E-state index contributed by atoms with van der Waals surface area (Å²) in [6.07, 6.45) is 6.65. The first-order valence-electron chi connectivity index (χ1n) is 4.91. The van der Waals surface area contributed by atoms with Gasteiger partial charge in [0, 0.05) is 11.3 Å². The van der Waals surface area contributed by atoms with Gasteiger partial charge in [-0.25, -0.2) is 0 Å². The average Bonchev–Trinajstić information content (AvgIpc) is 2.09. The molecule has 0 heterocycles. The lowest BCUT2D eigenvalue weighted by atomic mass is 9.94. The summed E-state index contributed by atoms with van der Waals surface area (Å²) in [5.41, 5.74) is 6.06. The number of allylic oxidation sites excluding steroid dienone is 2. The van der Waals surface area contributed by atoms with Gasteiger partial charge in [-0.2, -0.15) is 0 Å². The van der Waals surface area contributed by atoms with Crippen LogP contribution in [0.1, 0.15) is 26.7 Å². The standard InChI is InChI=1S/C11H19NS/c1-4-9(3)13-11-6-5-8(2)7-10(11)12/h5-6,8,10-11H,3-4,7,12H2,1-2H3/t8-,10-,11?/m0/s1. The third-order valence-electron chi connectivity index (χ3n) is 2.39. The van der Waals surface area contributed by atoms with Crippen LogP contribution in [0.25, 0.3) is 0 Å². The minimum atomic E-state index is 0.299. The van der Waals surface area contributed by atoms with Crippen LogP contribution in [0, 0.1) is 5.92 Å². The molecule has 0 amide bonds. The van der Waals surface area contributed by atoms with Crippen molar-refractivity contribution in [2.45, 2.75) is 38.0 Å². The van der Waals surface area contributed by atoms with Gasteiger partial charge in [0.05, 0.1) is 0 Å². The third-order valence-corrected chi connectivity index (χ3v) is 3.79. The Morgan fingerprint density at radius 3 is 2.85 bits per heavy atom. The first kappa shape index (κ1) is 10.9. The highest BCUT2D eigenvalue weighted by molar-refractivity contribution is 8.03. The van der Waals surface area contributed by atoms with E-state index in [0.29, 0.717) is 17.2 Å². The number of nitrogens with two attached hydrogens (primary N) is 1. The number of hydrogen-bond acceptors (Lipinski definition) is 2. The molecule has 1 aliphatic rings. The Kier molecular flexibility index (Phi) is 4.07. The molecule has 0 radical (unpaired) electrons. The highest BCUT2D eigenvalue weighted by atomic mass is 32.2. The largest absolute Gasteiger partial charge is 0.326 e. The lowest BCUT2D eigenvalue weighted by Gasteiger charge is -2.27. The summed E-state index contributed by atoms with van der Waals surface area (Å²) in [7, 11) is 0. The van der Waals surface area contributed by atoms with E-state index < -0.39 is 0 Å². The van der Waals surface area contributed by atoms with Gasteiger partial charge in [0.1, 0.15) is 0 Å². The van der Waals surface area contributed by atoms with Crippen LogP contribution in [0.15, 0.2) is 23.6 Å². The second-order valence-corrected chi connectivity index (χ2v) is 5.09.